The second-order valence-corrected chi connectivity index (χ2v) is 37.0. The Balaban J connectivity index is 3.97. The molecule has 0 amide bonds. The van der Waals surface area contributed by atoms with Crippen LogP contribution in [0.4, 0.5) is 0 Å². The largest absolute Gasteiger partial charge is 0.369 e. The highest BCUT2D eigenvalue weighted by Gasteiger charge is 2.71. The van der Waals surface area contributed by atoms with Crippen molar-refractivity contribution < 1.29 is 4.74 Å². The molecule has 0 spiro atoms. The van der Waals surface area contributed by atoms with Crippen LogP contribution in [0.25, 0.3) is 0 Å². The lowest BCUT2D eigenvalue weighted by atomic mass is 9.77. The van der Waals surface area contributed by atoms with E-state index in [-0.39, 0.29) is 16.4 Å². The number of ether oxygens (including phenoxy) is 1. The summed E-state index contributed by atoms with van der Waals surface area (Å²) >= 11 is 0. The van der Waals surface area contributed by atoms with Crippen LogP contribution in [-0.2, 0) is 4.74 Å². The minimum Gasteiger partial charge on any atom is -0.369 e. The Morgan fingerprint density at radius 2 is 1.00 bits per heavy atom. The number of rotatable bonds is 4. The fourth-order valence-electron chi connectivity index (χ4n) is 4.88. The molecule has 0 aromatic rings. The summed E-state index contributed by atoms with van der Waals surface area (Å²) in [5, 5.41) is 2.60. The average molecular weight is 440 g/mol. The molecule has 0 unspecified atom stereocenters. The molecule has 0 bridgehead atoms. The van der Waals surface area contributed by atoms with Gasteiger partial charge in [-0.05, 0) is 31.7 Å². The van der Waals surface area contributed by atoms with Crippen molar-refractivity contribution in [2.45, 2.75) is 125 Å². The van der Waals surface area contributed by atoms with Crippen LogP contribution in [0.3, 0.4) is 0 Å². The topological polar surface area (TPSA) is 9.23 Å². The molecule has 0 saturated heterocycles. The van der Waals surface area contributed by atoms with E-state index in [0.29, 0.717) is 10.1 Å². The fourth-order valence-corrected chi connectivity index (χ4v) is 46.4. The van der Waals surface area contributed by atoms with Crippen molar-refractivity contribution in [2.24, 2.45) is 10.8 Å². The molecule has 0 heterocycles. The molecule has 28 heavy (non-hydrogen) atoms. The van der Waals surface area contributed by atoms with Crippen LogP contribution in [0.5, 0.6) is 0 Å². The van der Waals surface area contributed by atoms with Gasteiger partial charge in [-0.2, -0.15) is 0 Å². The third-order valence-electron chi connectivity index (χ3n) is 8.25. The predicted molar refractivity (Wildman–Crippen MR) is 136 cm³/mol. The Morgan fingerprint density at radius 1 is 0.679 bits per heavy atom. The lowest BCUT2D eigenvalue weighted by Gasteiger charge is -2.53. The summed E-state index contributed by atoms with van der Waals surface area (Å²) in [6.07, 6.45) is 0. The SMILES string of the molecule is CO[C@@]1(C(C)(C)C)C([Si]([Si](C)(C)C(C)(C)C)[Si](C)(C)C(C)(C)C)=C1C(C)(C)C. The standard InChI is InChI=1S/C24H51OSi3/c1-20(2,3)18-19(24(18,25-13)21(4,5)6)26(27(14,15)22(7,8)9)28(16,17)23(10,11)12/h1-17H3/t24-/m1/s1. The van der Waals surface area contributed by atoms with Gasteiger partial charge in [0.15, 0.2) is 0 Å². The molecule has 4 heteroatoms. The predicted octanol–water partition coefficient (Wildman–Crippen LogP) is 7.98. The van der Waals surface area contributed by atoms with Crippen molar-refractivity contribution in [1.82, 2.24) is 0 Å². The van der Waals surface area contributed by atoms with Crippen molar-refractivity contribution in [3.05, 3.63) is 10.8 Å². The van der Waals surface area contributed by atoms with Gasteiger partial charge in [0, 0.05) is 22.3 Å². The molecule has 0 aromatic heterocycles. The van der Waals surface area contributed by atoms with E-state index in [1.54, 1.807) is 10.8 Å². The molecule has 0 N–H and O–H groups in total. The molecule has 1 aliphatic carbocycles. The molecule has 1 aliphatic rings. The van der Waals surface area contributed by atoms with Crippen LogP contribution in [0.2, 0.25) is 36.3 Å². The smallest absolute Gasteiger partial charge is 0.111 e. The summed E-state index contributed by atoms with van der Waals surface area (Å²) in [7, 11) is -1.86. The Hall–Kier alpha value is 0.351. The monoisotopic (exact) mass is 439 g/mol. The average Bonchev–Trinajstić information content (AvgIpc) is 3.04. The summed E-state index contributed by atoms with van der Waals surface area (Å²) in [6, 6.07) is 0. The van der Waals surface area contributed by atoms with Gasteiger partial charge in [-0.1, -0.05) is 109 Å². The van der Waals surface area contributed by atoms with Gasteiger partial charge in [0.2, 0.25) is 0 Å². The number of methoxy groups -OCH3 is 1. The van der Waals surface area contributed by atoms with Gasteiger partial charge >= 0.3 is 0 Å². The summed E-state index contributed by atoms with van der Waals surface area (Å²) in [6.45, 7) is 40.3. The summed E-state index contributed by atoms with van der Waals surface area (Å²) in [5.74, 6) is 0. The lowest BCUT2D eigenvalue weighted by Crippen LogP contribution is -2.69. The Bertz CT molecular complexity index is 605. The van der Waals surface area contributed by atoms with E-state index < -0.39 is 23.0 Å². The zero-order chi connectivity index (χ0) is 22.9. The molecular formula is C24H51OSi3. The summed E-state index contributed by atoms with van der Waals surface area (Å²) in [5.41, 5.74) is 1.78. The quantitative estimate of drug-likeness (QED) is 0.403. The highest BCUT2D eigenvalue weighted by Crippen LogP contribution is 2.67. The van der Waals surface area contributed by atoms with Crippen molar-refractivity contribution in [2.75, 3.05) is 7.11 Å². The third-order valence-corrected chi connectivity index (χ3v) is 44.1. The van der Waals surface area contributed by atoms with Crippen LogP contribution >= 0.6 is 0 Å². The van der Waals surface area contributed by atoms with E-state index in [2.05, 4.69) is 109 Å². The van der Waals surface area contributed by atoms with Crippen molar-refractivity contribution in [1.29, 1.82) is 0 Å². The van der Waals surface area contributed by atoms with Gasteiger partial charge in [0.05, 0.1) is 7.83 Å². The van der Waals surface area contributed by atoms with Crippen molar-refractivity contribution >= 4 is 23.0 Å². The van der Waals surface area contributed by atoms with Crippen LogP contribution in [0.15, 0.2) is 10.8 Å². The Labute approximate surface area is 181 Å². The van der Waals surface area contributed by atoms with E-state index in [1.165, 1.54) is 0 Å². The first kappa shape index (κ1) is 26.4. The highest BCUT2D eigenvalue weighted by molar-refractivity contribution is 7.64. The molecule has 0 aliphatic heterocycles. The normalized spacial score (nSPS) is 22.9. The second kappa shape index (κ2) is 6.93. The van der Waals surface area contributed by atoms with E-state index >= 15 is 0 Å². The van der Waals surface area contributed by atoms with E-state index in [4.69, 9.17) is 4.74 Å². The first-order valence-electron chi connectivity index (χ1n) is 11.1. The minimum absolute atomic E-state index is 0.0976. The molecule has 1 radical (unpaired) electrons. The van der Waals surface area contributed by atoms with Gasteiger partial charge in [-0.25, -0.2) is 0 Å². The fraction of sp³-hybridized carbons (Fsp3) is 0.917. The van der Waals surface area contributed by atoms with E-state index in [1.807, 2.05) is 7.11 Å². The maximum Gasteiger partial charge on any atom is 0.111 e. The summed E-state index contributed by atoms with van der Waals surface area (Å²) < 4.78 is 6.56. The highest BCUT2D eigenvalue weighted by atomic mass is 29.6. The molecule has 1 nitrogen and oxygen atoms in total. The van der Waals surface area contributed by atoms with Crippen LogP contribution < -0.4 is 0 Å². The van der Waals surface area contributed by atoms with Gasteiger partial charge in [0.1, 0.15) is 5.60 Å². The van der Waals surface area contributed by atoms with Crippen LogP contribution in [0.1, 0.15) is 83.1 Å². The second-order valence-electron chi connectivity index (χ2n) is 14.3. The number of hydrogen-bond donors (Lipinski definition) is 0. The zero-order valence-electron chi connectivity index (χ0n) is 22.4. The first-order chi connectivity index (χ1) is 11.9. The Morgan fingerprint density at radius 3 is 1.14 bits per heavy atom. The zero-order valence-corrected chi connectivity index (χ0v) is 25.4. The lowest BCUT2D eigenvalue weighted by molar-refractivity contribution is -0.000899. The van der Waals surface area contributed by atoms with Crippen molar-refractivity contribution in [3.63, 3.8) is 0 Å². The van der Waals surface area contributed by atoms with E-state index in [9.17, 15) is 0 Å². The molecule has 0 aromatic carbocycles. The Kier molecular flexibility index (Phi) is 6.53. The van der Waals surface area contributed by atoms with E-state index in [0.717, 1.165) is 0 Å². The van der Waals surface area contributed by atoms with Crippen molar-refractivity contribution in [3.8, 4) is 0 Å². The molecular weight excluding hydrogens is 389 g/mol. The maximum absolute atomic E-state index is 6.56. The third kappa shape index (κ3) is 3.85. The molecule has 1 atom stereocenters. The molecule has 165 valence electrons. The minimum atomic E-state index is -1.56. The van der Waals surface area contributed by atoms with Crippen LogP contribution in [-0.4, -0.2) is 35.7 Å². The van der Waals surface area contributed by atoms with Gasteiger partial charge < -0.3 is 4.74 Å². The molecule has 0 saturated carbocycles. The van der Waals surface area contributed by atoms with Gasteiger partial charge in [-0.15, -0.1) is 0 Å². The first-order valence-corrected chi connectivity index (χ1v) is 20.6. The summed E-state index contributed by atoms with van der Waals surface area (Å²) in [4.78, 5) is 0. The molecule has 1 rings (SSSR count). The maximum atomic E-state index is 6.56. The van der Waals surface area contributed by atoms with Gasteiger partial charge in [0.25, 0.3) is 0 Å². The molecule has 0 fully saturated rings. The number of hydrogen-bond acceptors (Lipinski definition) is 1. The van der Waals surface area contributed by atoms with Crippen LogP contribution in [0, 0.1) is 10.8 Å². The van der Waals surface area contributed by atoms with Gasteiger partial charge in [-0.3, -0.25) is 0 Å².